The molecule has 186 valence electrons. The Balaban J connectivity index is 1.65. The van der Waals surface area contributed by atoms with Crippen LogP contribution in [0.5, 0.6) is 0 Å². The van der Waals surface area contributed by atoms with E-state index < -0.39 is 17.7 Å². The summed E-state index contributed by atoms with van der Waals surface area (Å²) in [4.78, 5) is 36.3. The van der Waals surface area contributed by atoms with Gasteiger partial charge in [-0.15, -0.1) is 0 Å². The summed E-state index contributed by atoms with van der Waals surface area (Å²) in [6.45, 7) is 6.18. The zero-order valence-corrected chi connectivity index (χ0v) is 20.6. The summed E-state index contributed by atoms with van der Waals surface area (Å²) in [6.07, 6.45) is 3.27. The molecule has 0 spiro atoms. The molecule has 0 aromatic heterocycles. The number of esters is 1. The van der Waals surface area contributed by atoms with E-state index in [1.807, 2.05) is 42.5 Å². The molecule has 0 saturated heterocycles. The zero-order valence-electron chi connectivity index (χ0n) is 20.6. The normalized spacial score (nSPS) is 16.9. The third-order valence-electron chi connectivity index (χ3n) is 5.38. The quantitative estimate of drug-likeness (QED) is 0.277. The van der Waals surface area contributed by atoms with Crippen LogP contribution in [-0.4, -0.2) is 43.8 Å². The third kappa shape index (κ3) is 8.17. The van der Waals surface area contributed by atoms with Crippen molar-refractivity contribution in [2.24, 2.45) is 5.92 Å². The van der Waals surface area contributed by atoms with Crippen molar-refractivity contribution in [1.82, 2.24) is 5.32 Å². The van der Waals surface area contributed by atoms with Crippen LogP contribution in [0.2, 0.25) is 0 Å². The lowest BCUT2D eigenvalue weighted by molar-refractivity contribution is -0.134. The average Bonchev–Trinajstić information content (AvgIpc) is 3.62. The molecule has 1 fully saturated rings. The zero-order chi connectivity index (χ0) is 25.4. The van der Waals surface area contributed by atoms with Crippen LogP contribution in [0.15, 0.2) is 54.6 Å². The number of anilines is 2. The minimum absolute atomic E-state index is 0.0529. The van der Waals surface area contributed by atoms with Gasteiger partial charge in [-0.3, -0.25) is 4.79 Å². The molecule has 2 aromatic rings. The number of carbonyl (C=O) groups excluding carboxylic acids is 3. The van der Waals surface area contributed by atoms with E-state index in [4.69, 9.17) is 4.74 Å². The van der Waals surface area contributed by atoms with Gasteiger partial charge >= 0.3 is 12.1 Å². The van der Waals surface area contributed by atoms with Crippen molar-refractivity contribution in [3.05, 3.63) is 65.7 Å². The number of rotatable bonds is 9. The predicted molar refractivity (Wildman–Crippen MR) is 136 cm³/mol. The number of nitrogens with one attached hydrogen (secondary N) is 3. The predicted octanol–water partition coefficient (Wildman–Crippen LogP) is 4.55. The smallest absolute Gasteiger partial charge is 0.407 e. The van der Waals surface area contributed by atoms with Gasteiger partial charge in [0.25, 0.3) is 0 Å². The molecule has 3 N–H and O–H groups in total. The van der Waals surface area contributed by atoms with Crippen LogP contribution >= 0.6 is 0 Å². The summed E-state index contributed by atoms with van der Waals surface area (Å²) in [5.74, 6) is -0.390. The van der Waals surface area contributed by atoms with E-state index in [-0.39, 0.29) is 17.7 Å². The first kappa shape index (κ1) is 25.8. The number of benzene rings is 2. The molecule has 1 saturated carbocycles. The maximum absolute atomic E-state index is 13.0. The van der Waals surface area contributed by atoms with Crippen molar-refractivity contribution in [3.8, 4) is 0 Å². The highest BCUT2D eigenvalue weighted by atomic mass is 16.6. The molecule has 1 aliphatic carbocycles. The van der Waals surface area contributed by atoms with Crippen molar-refractivity contribution in [2.45, 2.75) is 38.7 Å². The summed E-state index contributed by atoms with van der Waals surface area (Å²) >= 11 is 0. The van der Waals surface area contributed by atoms with Gasteiger partial charge in [0.15, 0.2) is 0 Å². The highest BCUT2D eigenvalue weighted by molar-refractivity contribution is 5.98. The molecule has 2 atom stereocenters. The number of methoxy groups -OCH3 is 1. The Morgan fingerprint density at radius 1 is 1.03 bits per heavy atom. The van der Waals surface area contributed by atoms with E-state index in [0.717, 1.165) is 17.5 Å². The highest BCUT2D eigenvalue weighted by Crippen LogP contribution is 2.48. The fraction of sp³-hybridized carbons (Fsp3) is 0.370. The Morgan fingerprint density at radius 2 is 1.77 bits per heavy atom. The fourth-order valence-electron chi connectivity index (χ4n) is 3.61. The van der Waals surface area contributed by atoms with Crippen LogP contribution in [-0.2, 0) is 19.1 Å². The van der Waals surface area contributed by atoms with Gasteiger partial charge in [0.1, 0.15) is 5.60 Å². The van der Waals surface area contributed by atoms with Crippen molar-refractivity contribution >= 4 is 35.4 Å². The molecule has 0 radical (unpaired) electrons. The number of hydrogen-bond donors (Lipinski definition) is 3. The van der Waals surface area contributed by atoms with E-state index >= 15 is 0 Å². The van der Waals surface area contributed by atoms with Gasteiger partial charge < -0.3 is 25.4 Å². The summed E-state index contributed by atoms with van der Waals surface area (Å²) in [5.41, 5.74) is 2.63. The fourth-order valence-corrected chi connectivity index (χ4v) is 3.61. The van der Waals surface area contributed by atoms with E-state index in [2.05, 4.69) is 20.7 Å². The Bertz CT molecular complexity index is 1080. The van der Waals surface area contributed by atoms with E-state index in [0.29, 0.717) is 24.5 Å². The Labute approximate surface area is 206 Å². The molecule has 1 aliphatic rings. The minimum Gasteiger partial charge on any atom is -0.466 e. The standard InChI is InChI=1S/C27H33N3O5/c1-27(2,3)35-26(33)29-15-14-28-22-12-10-18(11-13-24(31)34-4)16-23(22)30-25(32)21-17-20(21)19-8-6-5-7-9-19/h5-13,16,20-21,28H,14-15,17H2,1-4H3,(H,29,33)(H,30,32)/b13-11+. The summed E-state index contributed by atoms with van der Waals surface area (Å²) in [7, 11) is 1.31. The summed E-state index contributed by atoms with van der Waals surface area (Å²) < 4.78 is 9.88. The van der Waals surface area contributed by atoms with E-state index in [1.165, 1.54) is 13.2 Å². The minimum atomic E-state index is -0.567. The van der Waals surface area contributed by atoms with Crippen LogP contribution in [0, 0.1) is 5.92 Å². The molecule has 2 aromatic carbocycles. The molecule has 35 heavy (non-hydrogen) atoms. The van der Waals surface area contributed by atoms with Crippen LogP contribution in [0.25, 0.3) is 6.08 Å². The first-order valence-corrected chi connectivity index (χ1v) is 11.6. The topological polar surface area (TPSA) is 106 Å². The maximum atomic E-state index is 13.0. The van der Waals surface area contributed by atoms with Crippen LogP contribution in [0.3, 0.4) is 0 Å². The lowest BCUT2D eigenvalue weighted by Crippen LogP contribution is -2.35. The molecule has 3 rings (SSSR count). The van der Waals surface area contributed by atoms with Crippen molar-refractivity contribution in [3.63, 3.8) is 0 Å². The number of alkyl carbamates (subject to hydrolysis) is 1. The monoisotopic (exact) mass is 479 g/mol. The SMILES string of the molecule is COC(=O)/C=C/c1ccc(NCCNC(=O)OC(C)(C)C)c(NC(=O)C2CC2c2ccccc2)c1. The number of hydrogen-bond acceptors (Lipinski definition) is 6. The number of carbonyl (C=O) groups is 3. The van der Waals surface area contributed by atoms with Crippen molar-refractivity contribution < 1.29 is 23.9 Å². The van der Waals surface area contributed by atoms with E-state index in [1.54, 1.807) is 32.9 Å². The van der Waals surface area contributed by atoms with Gasteiger partial charge in [-0.05, 0) is 62.4 Å². The van der Waals surface area contributed by atoms with Crippen molar-refractivity contribution in [1.29, 1.82) is 0 Å². The van der Waals surface area contributed by atoms with Crippen LogP contribution in [0.1, 0.15) is 44.2 Å². The average molecular weight is 480 g/mol. The number of ether oxygens (including phenoxy) is 2. The number of amides is 2. The molecular formula is C27H33N3O5. The molecule has 8 nitrogen and oxygen atoms in total. The molecule has 2 unspecified atom stereocenters. The second kappa shape index (κ2) is 11.6. The van der Waals surface area contributed by atoms with E-state index in [9.17, 15) is 14.4 Å². The van der Waals surface area contributed by atoms with Gasteiger partial charge in [-0.25, -0.2) is 9.59 Å². The van der Waals surface area contributed by atoms with Gasteiger partial charge in [0.05, 0.1) is 18.5 Å². The lowest BCUT2D eigenvalue weighted by atomic mass is 10.1. The molecule has 0 heterocycles. The van der Waals surface area contributed by atoms with Gasteiger partial charge in [0, 0.05) is 25.1 Å². The second-order valence-electron chi connectivity index (χ2n) is 9.37. The molecular weight excluding hydrogens is 446 g/mol. The Morgan fingerprint density at radius 3 is 2.46 bits per heavy atom. The third-order valence-corrected chi connectivity index (χ3v) is 5.38. The Hall–Kier alpha value is -3.81. The van der Waals surface area contributed by atoms with Crippen molar-refractivity contribution in [2.75, 3.05) is 30.8 Å². The second-order valence-corrected chi connectivity index (χ2v) is 9.37. The van der Waals surface area contributed by atoms with Gasteiger partial charge in [-0.2, -0.15) is 0 Å². The summed E-state index contributed by atoms with van der Waals surface area (Å²) in [6, 6.07) is 15.4. The molecule has 0 aliphatic heterocycles. The molecule has 0 bridgehead atoms. The van der Waals surface area contributed by atoms with Crippen LogP contribution < -0.4 is 16.0 Å². The van der Waals surface area contributed by atoms with Crippen LogP contribution in [0.4, 0.5) is 16.2 Å². The molecule has 8 heteroatoms. The first-order chi connectivity index (χ1) is 16.7. The largest absolute Gasteiger partial charge is 0.466 e. The molecule has 2 amide bonds. The summed E-state index contributed by atoms with van der Waals surface area (Å²) in [5, 5.41) is 8.97. The Kier molecular flexibility index (Phi) is 8.52. The lowest BCUT2D eigenvalue weighted by Gasteiger charge is -2.20. The maximum Gasteiger partial charge on any atom is 0.407 e. The highest BCUT2D eigenvalue weighted by Gasteiger charge is 2.43. The van der Waals surface area contributed by atoms with Gasteiger partial charge in [0.2, 0.25) is 5.91 Å². The van der Waals surface area contributed by atoms with Gasteiger partial charge in [-0.1, -0.05) is 36.4 Å². The first-order valence-electron chi connectivity index (χ1n) is 11.6.